The number of rotatable bonds is 5. The Morgan fingerprint density at radius 1 is 1.12 bits per heavy atom. The molecule has 3 rings (SSSR count). The van der Waals surface area contributed by atoms with Crippen LogP contribution in [0, 0.1) is 5.92 Å². The Hall–Kier alpha value is -2.69. The van der Waals surface area contributed by atoms with Crippen molar-refractivity contribution in [3.63, 3.8) is 0 Å². The number of hydrogen-bond acceptors (Lipinski definition) is 5. The summed E-state index contributed by atoms with van der Waals surface area (Å²) < 4.78 is 10.7. The number of nitrogens with zero attached hydrogens (tertiary/aromatic N) is 1. The number of carbonyl (C=O) groups is 2. The van der Waals surface area contributed by atoms with E-state index >= 15 is 0 Å². The summed E-state index contributed by atoms with van der Waals surface area (Å²) in [6, 6.07) is 12.7. The molecule has 0 spiro atoms. The van der Waals surface area contributed by atoms with Crippen LogP contribution in [-0.4, -0.2) is 22.5 Å². The van der Waals surface area contributed by atoms with Crippen LogP contribution in [0.3, 0.4) is 0 Å². The van der Waals surface area contributed by atoms with Gasteiger partial charge in [0.1, 0.15) is 12.2 Å². The first-order chi connectivity index (χ1) is 12.3. The Labute approximate surface area is 153 Å². The van der Waals surface area contributed by atoms with Gasteiger partial charge in [0, 0.05) is 6.20 Å². The van der Waals surface area contributed by atoms with Gasteiger partial charge in [0.15, 0.2) is 0 Å². The Balaban J connectivity index is 1.54. The number of esters is 2. The standard InChI is InChI=1S/C21H23NO4/c1-21(2,3)26-20(24)18-12-17(18)14-7-9-15(10-8-14)19(23)25-13-16-6-4-5-11-22-16/h4-11,17-18H,12-13H2,1-3H3/t17-,18+/m0/s1. The first-order valence-electron chi connectivity index (χ1n) is 8.73. The normalized spacial score (nSPS) is 18.9. The molecule has 0 unspecified atom stereocenters. The van der Waals surface area contributed by atoms with Gasteiger partial charge in [-0.2, -0.15) is 0 Å². The van der Waals surface area contributed by atoms with E-state index in [4.69, 9.17) is 9.47 Å². The third kappa shape index (κ3) is 4.69. The van der Waals surface area contributed by atoms with E-state index in [0.29, 0.717) is 11.3 Å². The van der Waals surface area contributed by atoms with Crippen LogP contribution in [0.1, 0.15) is 54.7 Å². The molecule has 0 N–H and O–H groups in total. The molecule has 5 nitrogen and oxygen atoms in total. The number of pyridine rings is 1. The predicted octanol–water partition coefficient (Wildman–Crippen LogP) is 3.88. The van der Waals surface area contributed by atoms with Crippen molar-refractivity contribution < 1.29 is 19.1 Å². The first kappa shape index (κ1) is 18.1. The maximum atomic E-state index is 12.1. The Morgan fingerprint density at radius 3 is 2.46 bits per heavy atom. The lowest BCUT2D eigenvalue weighted by Gasteiger charge is -2.19. The maximum absolute atomic E-state index is 12.1. The van der Waals surface area contributed by atoms with Crippen LogP contribution in [0.15, 0.2) is 48.7 Å². The average molecular weight is 353 g/mol. The molecule has 5 heteroatoms. The number of benzene rings is 1. The van der Waals surface area contributed by atoms with Gasteiger partial charge in [-0.25, -0.2) is 4.79 Å². The van der Waals surface area contributed by atoms with Gasteiger partial charge in [0.25, 0.3) is 0 Å². The molecule has 1 aliphatic carbocycles. The van der Waals surface area contributed by atoms with Crippen molar-refractivity contribution in [2.75, 3.05) is 0 Å². The number of ether oxygens (including phenoxy) is 2. The van der Waals surface area contributed by atoms with Gasteiger partial charge in [-0.15, -0.1) is 0 Å². The highest BCUT2D eigenvalue weighted by molar-refractivity contribution is 5.89. The fourth-order valence-electron chi connectivity index (χ4n) is 2.77. The quantitative estimate of drug-likeness (QED) is 0.763. The molecule has 2 atom stereocenters. The average Bonchev–Trinajstić information content (AvgIpc) is 3.40. The van der Waals surface area contributed by atoms with Crippen molar-refractivity contribution in [1.29, 1.82) is 0 Å². The van der Waals surface area contributed by atoms with E-state index in [0.717, 1.165) is 12.0 Å². The van der Waals surface area contributed by atoms with Gasteiger partial charge in [-0.3, -0.25) is 9.78 Å². The molecule has 0 bridgehead atoms. The van der Waals surface area contributed by atoms with Crippen molar-refractivity contribution in [1.82, 2.24) is 4.98 Å². The van der Waals surface area contributed by atoms with Gasteiger partial charge in [-0.05, 0) is 62.9 Å². The minimum absolute atomic E-state index is 0.0869. The molecule has 1 aromatic carbocycles. The maximum Gasteiger partial charge on any atom is 0.338 e. The molecular weight excluding hydrogens is 330 g/mol. The summed E-state index contributed by atoms with van der Waals surface area (Å²) >= 11 is 0. The van der Waals surface area contributed by atoms with Gasteiger partial charge < -0.3 is 9.47 Å². The molecule has 1 saturated carbocycles. The van der Waals surface area contributed by atoms with E-state index in [2.05, 4.69) is 4.98 Å². The Kier molecular flexibility index (Phi) is 5.07. The zero-order valence-electron chi connectivity index (χ0n) is 15.3. The smallest absolute Gasteiger partial charge is 0.338 e. The summed E-state index contributed by atoms with van der Waals surface area (Å²) in [4.78, 5) is 28.3. The summed E-state index contributed by atoms with van der Waals surface area (Å²) in [5, 5.41) is 0. The molecule has 1 heterocycles. The van der Waals surface area contributed by atoms with E-state index in [1.165, 1.54) is 0 Å². The SMILES string of the molecule is CC(C)(C)OC(=O)[C@@H]1C[C@H]1c1ccc(C(=O)OCc2ccccn2)cc1. The lowest BCUT2D eigenvalue weighted by molar-refractivity contribution is -0.156. The summed E-state index contributed by atoms with van der Waals surface area (Å²) in [5.41, 5.74) is 1.77. The third-order valence-electron chi connectivity index (χ3n) is 4.15. The minimum Gasteiger partial charge on any atom is -0.460 e. The second-order valence-electron chi connectivity index (χ2n) is 7.50. The molecule has 26 heavy (non-hydrogen) atoms. The van der Waals surface area contributed by atoms with Crippen LogP contribution in [0.2, 0.25) is 0 Å². The second-order valence-corrected chi connectivity index (χ2v) is 7.50. The Bertz CT molecular complexity index is 778. The van der Waals surface area contributed by atoms with Gasteiger partial charge in [0.05, 0.1) is 17.2 Å². The topological polar surface area (TPSA) is 65.5 Å². The highest BCUT2D eigenvalue weighted by Gasteiger charge is 2.46. The van der Waals surface area contributed by atoms with Crippen LogP contribution >= 0.6 is 0 Å². The fraction of sp³-hybridized carbons (Fsp3) is 0.381. The largest absolute Gasteiger partial charge is 0.460 e. The fourth-order valence-corrected chi connectivity index (χ4v) is 2.77. The molecular formula is C21H23NO4. The van der Waals surface area contributed by atoms with Crippen molar-refractivity contribution >= 4 is 11.9 Å². The molecule has 1 aliphatic rings. The van der Waals surface area contributed by atoms with E-state index in [1.807, 2.05) is 45.0 Å². The van der Waals surface area contributed by atoms with Crippen molar-refractivity contribution in [2.45, 2.75) is 45.3 Å². The number of aromatic nitrogens is 1. The highest BCUT2D eigenvalue weighted by atomic mass is 16.6. The monoisotopic (exact) mass is 353 g/mol. The summed E-state index contributed by atoms with van der Waals surface area (Å²) in [6.45, 7) is 5.75. The first-order valence-corrected chi connectivity index (χ1v) is 8.73. The molecule has 0 aliphatic heterocycles. The Morgan fingerprint density at radius 2 is 1.85 bits per heavy atom. The molecule has 2 aromatic rings. The number of carbonyl (C=O) groups excluding carboxylic acids is 2. The zero-order chi connectivity index (χ0) is 18.7. The van der Waals surface area contributed by atoms with Gasteiger partial charge >= 0.3 is 11.9 Å². The highest BCUT2D eigenvalue weighted by Crippen LogP contribution is 2.48. The molecule has 1 aromatic heterocycles. The molecule has 0 amide bonds. The molecule has 0 saturated heterocycles. The van der Waals surface area contributed by atoms with Crippen molar-refractivity contribution in [3.05, 3.63) is 65.5 Å². The van der Waals surface area contributed by atoms with E-state index in [-0.39, 0.29) is 30.4 Å². The van der Waals surface area contributed by atoms with Crippen molar-refractivity contribution in [2.24, 2.45) is 5.92 Å². The van der Waals surface area contributed by atoms with Crippen molar-refractivity contribution in [3.8, 4) is 0 Å². The summed E-state index contributed by atoms with van der Waals surface area (Å²) in [6.07, 6.45) is 2.45. The van der Waals surface area contributed by atoms with Crippen LogP contribution in [0.5, 0.6) is 0 Å². The van der Waals surface area contributed by atoms with E-state index in [9.17, 15) is 9.59 Å². The zero-order valence-corrected chi connectivity index (χ0v) is 15.3. The summed E-state index contributed by atoms with van der Waals surface area (Å²) in [7, 11) is 0. The molecule has 0 radical (unpaired) electrons. The van der Waals surface area contributed by atoms with Crippen LogP contribution in [0.4, 0.5) is 0 Å². The van der Waals surface area contributed by atoms with Gasteiger partial charge in [0.2, 0.25) is 0 Å². The third-order valence-corrected chi connectivity index (χ3v) is 4.15. The molecule has 136 valence electrons. The predicted molar refractivity (Wildman–Crippen MR) is 96.5 cm³/mol. The lowest BCUT2D eigenvalue weighted by atomic mass is 10.1. The summed E-state index contributed by atoms with van der Waals surface area (Å²) in [5.74, 6) is -0.456. The molecule has 1 fully saturated rings. The minimum atomic E-state index is -0.467. The second kappa shape index (κ2) is 7.28. The number of hydrogen-bond donors (Lipinski definition) is 0. The van der Waals surface area contributed by atoms with Crippen LogP contribution < -0.4 is 0 Å². The lowest BCUT2D eigenvalue weighted by Crippen LogP contribution is -2.25. The van der Waals surface area contributed by atoms with E-state index in [1.54, 1.807) is 24.4 Å². The van der Waals surface area contributed by atoms with Crippen LogP contribution in [-0.2, 0) is 20.9 Å². The van der Waals surface area contributed by atoms with Crippen LogP contribution in [0.25, 0.3) is 0 Å². The van der Waals surface area contributed by atoms with Gasteiger partial charge in [-0.1, -0.05) is 18.2 Å². The van der Waals surface area contributed by atoms with E-state index < -0.39 is 5.60 Å².